The summed E-state index contributed by atoms with van der Waals surface area (Å²) in [6, 6.07) is 10.4. The molecule has 4 aliphatic rings. The number of amides is 3. The van der Waals surface area contributed by atoms with E-state index in [2.05, 4.69) is 11.4 Å². The Morgan fingerprint density at radius 1 is 1.16 bits per heavy atom. The summed E-state index contributed by atoms with van der Waals surface area (Å²) < 4.78 is 42.4. The lowest BCUT2D eigenvalue weighted by molar-refractivity contribution is -0.141. The number of allylic oxidation sites excluding steroid dienone is 2. The first kappa shape index (κ1) is 29.8. The maximum absolute atomic E-state index is 14.9. The molecule has 1 saturated heterocycles. The molecule has 2 heterocycles. The van der Waals surface area contributed by atoms with E-state index in [1.54, 1.807) is 48.5 Å². The highest BCUT2D eigenvalue weighted by Crippen LogP contribution is 2.48. The smallest absolute Gasteiger partial charge is 0.252 e. The van der Waals surface area contributed by atoms with E-state index in [0.717, 1.165) is 6.07 Å². The van der Waals surface area contributed by atoms with Crippen molar-refractivity contribution in [3.63, 3.8) is 0 Å². The number of carbonyl (C=O) groups is 3. The Labute approximate surface area is 257 Å². The first-order chi connectivity index (χ1) is 20.9. The zero-order chi connectivity index (χ0) is 31.4. The van der Waals surface area contributed by atoms with Crippen LogP contribution < -0.4 is 10.2 Å². The van der Waals surface area contributed by atoms with E-state index in [9.17, 15) is 32.8 Å². The van der Waals surface area contributed by atoms with Gasteiger partial charge in [-0.25, -0.2) is 13.2 Å². The predicted molar refractivity (Wildman–Crippen MR) is 156 cm³/mol. The minimum absolute atomic E-state index is 0.0376. The van der Waals surface area contributed by atoms with Gasteiger partial charge in [0.05, 0.1) is 11.6 Å². The Balaban J connectivity index is 1.49. The number of hydrogen-bond donors (Lipinski definition) is 1. The highest BCUT2D eigenvalue weighted by molar-refractivity contribution is 6.31. The van der Waals surface area contributed by atoms with Gasteiger partial charge >= 0.3 is 0 Å². The Morgan fingerprint density at radius 3 is 2.61 bits per heavy atom. The quantitative estimate of drug-likeness (QED) is 0.499. The van der Waals surface area contributed by atoms with Crippen molar-refractivity contribution >= 4 is 35.0 Å². The first-order valence-corrected chi connectivity index (χ1v) is 14.7. The average Bonchev–Trinajstić information content (AvgIpc) is 3.55. The van der Waals surface area contributed by atoms with Crippen LogP contribution in [-0.4, -0.2) is 58.7 Å². The van der Waals surface area contributed by atoms with Crippen LogP contribution in [0.4, 0.5) is 18.9 Å². The molecule has 2 aliphatic heterocycles. The van der Waals surface area contributed by atoms with Gasteiger partial charge in [0.25, 0.3) is 17.7 Å². The molecule has 12 heteroatoms. The number of fused-ring (bicyclic) bond motifs is 1. The summed E-state index contributed by atoms with van der Waals surface area (Å²) in [5.41, 5.74) is -0.365. The van der Waals surface area contributed by atoms with Crippen molar-refractivity contribution in [2.24, 2.45) is 0 Å². The molecule has 2 fully saturated rings. The second-order valence-electron chi connectivity index (χ2n) is 11.7. The zero-order valence-corrected chi connectivity index (χ0v) is 24.5. The molecule has 2 aromatic rings. The summed E-state index contributed by atoms with van der Waals surface area (Å²) in [5.74, 6) is -5.21. The van der Waals surface area contributed by atoms with Crippen molar-refractivity contribution in [2.45, 2.75) is 68.2 Å². The second-order valence-corrected chi connectivity index (χ2v) is 12.1. The number of nitriles is 1. The fourth-order valence-electron chi connectivity index (χ4n) is 6.83. The fraction of sp³-hybridized carbons (Fsp3) is 0.375. The van der Waals surface area contributed by atoms with Crippen LogP contribution >= 0.6 is 11.6 Å². The van der Waals surface area contributed by atoms with Crippen molar-refractivity contribution < 1.29 is 27.6 Å². The third-order valence-corrected chi connectivity index (χ3v) is 9.31. The predicted octanol–water partition coefficient (Wildman–Crippen LogP) is 4.79. The van der Waals surface area contributed by atoms with Gasteiger partial charge in [-0.2, -0.15) is 5.26 Å². The SMILES string of the molecule is CN1C=CC(C#N)=CC1N1C(=O)CC[C@H]1C(=O)N(c1cccc(F)c1)[C@]1(C(=O)NC2CC(F)(F)C2)CCc2c(Cl)cccc21. The van der Waals surface area contributed by atoms with E-state index in [4.69, 9.17) is 11.6 Å². The Bertz CT molecular complexity index is 1650. The number of likely N-dealkylation sites (N-methyl/N-ethyl adjacent to an activating group) is 1. The number of alkyl halides is 2. The highest BCUT2D eigenvalue weighted by Gasteiger charge is 2.57. The van der Waals surface area contributed by atoms with Crippen LogP contribution in [0.25, 0.3) is 0 Å². The number of nitrogens with zero attached hydrogens (tertiary/aromatic N) is 4. The Hall–Kier alpha value is -4.30. The first-order valence-electron chi connectivity index (χ1n) is 14.3. The van der Waals surface area contributed by atoms with E-state index < -0.39 is 60.2 Å². The van der Waals surface area contributed by atoms with Crippen molar-refractivity contribution in [1.29, 1.82) is 5.26 Å². The van der Waals surface area contributed by atoms with Crippen LogP contribution in [0, 0.1) is 17.1 Å². The number of rotatable bonds is 6. The van der Waals surface area contributed by atoms with Crippen molar-refractivity contribution in [3.8, 4) is 6.07 Å². The number of hydrogen-bond acceptors (Lipinski definition) is 5. The molecular formula is C32H29ClF3N5O3. The summed E-state index contributed by atoms with van der Waals surface area (Å²) in [4.78, 5) is 47.0. The number of nitrogens with one attached hydrogen (secondary N) is 1. The molecule has 6 rings (SSSR count). The zero-order valence-electron chi connectivity index (χ0n) is 23.8. The van der Waals surface area contributed by atoms with Gasteiger partial charge in [-0.15, -0.1) is 0 Å². The molecule has 228 valence electrons. The number of halogens is 4. The van der Waals surface area contributed by atoms with E-state index in [1.807, 2.05) is 0 Å². The average molecular weight is 624 g/mol. The van der Waals surface area contributed by atoms with Crippen molar-refractivity contribution in [1.82, 2.24) is 15.1 Å². The minimum atomic E-state index is -2.90. The summed E-state index contributed by atoms with van der Waals surface area (Å²) in [5, 5.41) is 12.6. The molecule has 8 nitrogen and oxygen atoms in total. The summed E-state index contributed by atoms with van der Waals surface area (Å²) in [6.45, 7) is 0. The van der Waals surface area contributed by atoms with Crippen molar-refractivity contribution in [2.75, 3.05) is 11.9 Å². The van der Waals surface area contributed by atoms with Gasteiger partial charge in [-0.1, -0.05) is 29.8 Å². The van der Waals surface area contributed by atoms with Crippen LogP contribution in [0.5, 0.6) is 0 Å². The van der Waals surface area contributed by atoms with E-state index >= 15 is 0 Å². The molecule has 0 spiro atoms. The van der Waals surface area contributed by atoms with Gasteiger partial charge < -0.3 is 15.1 Å². The lowest BCUT2D eigenvalue weighted by Crippen LogP contribution is -2.64. The van der Waals surface area contributed by atoms with E-state index in [0.29, 0.717) is 28.1 Å². The number of benzene rings is 2. The molecule has 1 saturated carbocycles. The topological polar surface area (TPSA) is 96.8 Å². The molecule has 0 bridgehead atoms. The molecule has 44 heavy (non-hydrogen) atoms. The lowest BCUT2D eigenvalue weighted by atomic mass is 9.83. The van der Waals surface area contributed by atoms with Crippen LogP contribution in [-0.2, 0) is 26.3 Å². The van der Waals surface area contributed by atoms with Gasteiger partial charge in [0.15, 0.2) is 5.54 Å². The van der Waals surface area contributed by atoms with E-state index in [-0.39, 0.29) is 30.9 Å². The van der Waals surface area contributed by atoms with Crippen LogP contribution in [0.15, 0.2) is 66.4 Å². The van der Waals surface area contributed by atoms with Gasteiger partial charge in [0.1, 0.15) is 18.0 Å². The number of anilines is 1. The molecule has 0 aromatic heterocycles. The normalized spacial score (nSPS) is 25.6. The Morgan fingerprint density at radius 2 is 1.91 bits per heavy atom. The minimum Gasteiger partial charge on any atom is -0.357 e. The molecule has 1 N–H and O–H groups in total. The summed E-state index contributed by atoms with van der Waals surface area (Å²) >= 11 is 6.56. The summed E-state index contributed by atoms with van der Waals surface area (Å²) in [7, 11) is 1.71. The summed E-state index contributed by atoms with van der Waals surface area (Å²) in [6.07, 6.45) is 3.47. The fourth-order valence-corrected chi connectivity index (χ4v) is 7.09. The number of likely N-dealkylation sites (tertiary alicyclic amines) is 1. The second kappa shape index (κ2) is 11.0. The van der Waals surface area contributed by atoms with Crippen molar-refractivity contribution in [3.05, 3.63) is 88.4 Å². The largest absolute Gasteiger partial charge is 0.357 e. The van der Waals surface area contributed by atoms with Gasteiger partial charge in [-0.3, -0.25) is 19.3 Å². The van der Waals surface area contributed by atoms with Crippen LogP contribution in [0.1, 0.15) is 43.2 Å². The molecule has 3 atom stereocenters. The molecule has 0 radical (unpaired) electrons. The molecule has 2 aliphatic carbocycles. The molecule has 2 aromatic carbocycles. The number of carbonyl (C=O) groups excluding carboxylic acids is 3. The van der Waals surface area contributed by atoms with Gasteiger partial charge in [-0.05, 0) is 66.8 Å². The lowest BCUT2D eigenvalue weighted by Gasteiger charge is -2.46. The molecule has 1 unspecified atom stereocenters. The van der Waals surface area contributed by atoms with Gasteiger partial charge in [0.2, 0.25) is 5.91 Å². The maximum atomic E-state index is 14.9. The molecule has 3 amide bonds. The van der Waals surface area contributed by atoms with Crippen LogP contribution in [0.2, 0.25) is 5.02 Å². The van der Waals surface area contributed by atoms with E-state index in [1.165, 1.54) is 28.0 Å². The maximum Gasteiger partial charge on any atom is 0.252 e. The van der Waals surface area contributed by atoms with Crippen LogP contribution in [0.3, 0.4) is 0 Å². The van der Waals surface area contributed by atoms with Gasteiger partial charge in [0, 0.05) is 49.3 Å². The standard InChI is InChI=1S/C32H29ClF3N5O3/c1-39-13-11-19(18-37)14-27(39)40-26(8-9-28(40)42)29(43)41(22-5-2-4-20(34)15-22)32(30(44)38-21-16-31(35,36)17-21)12-10-23-24(32)6-3-7-25(23)33/h2-7,11,13-15,21,26-27H,8-10,12,16-17H2,1H3,(H,38,44)/t26-,27?,32+/m0/s1. The monoisotopic (exact) mass is 623 g/mol. The highest BCUT2D eigenvalue weighted by atomic mass is 35.5. The third-order valence-electron chi connectivity index (χ3n) is 8.96. The third kappa shape index (κ3) is 4.91. The Kier molecular flexibility index (Phi) is 7.44. The molecular weight excluding hydrogens is 595 g/mol.